The number of benzene rings is 1. The smallest absolute Gasteiger partial charge is 0.244 e. The molecule has 4 heteroatoms. The lowest BCUT2D eigenvalue weighted by Gasteiger charge is -2.14. The lowest BCUT2D eigenvalue weighted by molar-refractivity contribution is -0.116. The van der Waals surface area contributed by atoms with Gasteiger partial charge in [0, 0.05) is 18.3 Å². The van der Waals surface area contributed by atoms with Crippen molar-refractivity contribution in [2.75, 3.05) is 12.3 Å². The van der Waals surface area contributed by atoms with Gasteiger partial charge in [0.15, 0.2) is 0 Å². The van der Waals surface area contributed by atoms with Crippen LogP contribution in [-0.2, 0) is 4.79 Å². The molecule has 0 aliphatic carbocycles. The van der Waals surface area contributed by atoms with Gasteiger partial charge in [-0.1, -0.05) is 12.1 Å². The molecule has 0 radical (unpaired) electrons. The third-order valence-corrected chi connectivity index (χ3v) is 2.35. The number of hydrogen-bond donors (Lipinski definition) is 2. The number of nitrogen functional groups attached to an aromatic ring is 1. The van der Waals surface area contributed by atoms with Crippen molar-refractivity contribution in [2.45, 2.75) is 13.8 Å². The zero-order valence-electron chi connectivity index (χ0n) is 10.6. The molecule has 0 aliphatic heterocycles. The number of amides is 1. The highest BCUT2D eigenvalue weighted by Crippen LogP contribution is 2.11. The molecule has 0 atom stereocenters. The maximum atomic E-state index is 11.5. The standard InChI is InChI=1S/C14H17N3O/c1-14(2,9-15)10-17-13(18)7-6-11-4-3-5-12(16)8-11/h3-8H,10,16H2,1-2H3,(H,17,18)/b7-6+. The average Bonchev–Trinajstić information content (AvgIpc) is 2.34. The van der Waals surface area contributed by atoms with E-state index in [1.165, 1.54) is 6.08 Å². The molecule has 4 nitrogen and oxygen atoms in total. The van der Waals surface area contributed by atoms with Gasteiger partial charge in [0.05, 0.1) is 11.5 Å². The molecule has 0 bridgehead atoms. The van der Waals surface area contributed by atoms with Crippen molar-refractivity contribution in [1.29, 1.82) is 5.26 Å². The average molecular weight is 243 g/mol. The molecule has 1 aromatic carbocycles. The summed E-state index contributed by atoms with van der Waals surface area (Å²) in [6.45, 7) is 3.87. The molecule has 0 unspecified atom stereocenters. The van der Waals surface area contributed by atoms with Crippen LogP contribution in [0.2, 0.25) is 0 Å². The Balaban J connectivity index is 2.53. The minimum absolute atomic E-state index is 0.222. The molecular weight excluding hydrogens is 226 g/mol. The number of rotatable bonds is 4. The number of hydrogen-bond acceptors (Lipinski definition) is 3. The summed E-state index contributed by atoms with van der Waals surface area (Å²) in [6, 6.07) is 9.37. The Bertz CT molecular complexity index is 498. The van der Waals surface area contributed by atoms with Crippen molar-refractivity contribution >= 4 is 17.7 Å². The number of carbonyl (C=O) groups is 1. The van der Waals surface area contributed by atoms with Crippen LogP contribution in [0.1, 0.15) is 19.4 Å². The molecule has 94 valence electrons. The lowest BCUT2D eigenvalue weighted by atomic mass is 9.96. The van der Waals surface area contributed by atoms with Crippen LogP contribution in [0, 0.1) is 16.7 Å². The number of nitrogens with one attached hydrogen (secondary N) is 1. The first-order chi connectivity index (χ1) is 8.43. The fourth-order valence-corrected chi connectivity index (χ4v) is 1.24. The summed E-state index contributed by atoms with van der Waals surface area (Å²) < 4.78 is 0. The van der Waals surface area contributed by atoms with Gasteiger partial charge < -0.3 is 11.1 Å². The molecule has 0 spiro atoms. The van der Waals surface area contributed by atoms with Gasteiger partial charge in [-0.15, -0.1) is 0 Å². The minimum atomic E-state index is -0.555. The van der Waals surface area contributed by atoms with Gasteiger partial charge in [0.25, 0.3) is 0 Å². The second kappa shape index (κ2) is 5.87. The second-order valence-corrected chi connectivity index (χ2v) is 4.72. The first kappa shape index (κ1) is 13.8. The number of carbonyl (C=O) groups excluding carboxylic acids is 1. The quantitative estimate of drug-likeness (QED) is 0.626. The Morgan fingerprint density at radius 2 is 2.28 bits per heavy atom. The summed E-state index contributed by atoms with van der Waals surface area (Å²) in [5.41, 5.74) is 6.59. The van der Waals surface area contributed by atoms with Gasteiger partial charge in [0.2, 0.25) is 5.91 Å². The SMILES string of the molecule is CC(C)(C#N)CNC(=O)/C=C/c1cccc(N)c1. The predicted molar refractivity (Wildman–Crippen MR) is 72.3 cm³/mol. The van der Waals surface area contributed by atoms with Crippen LogP contribution in [0.4, 0.5) is 5.69 Å². The number of nitrogens with zero attached hydrogens (tertiary/aromatic N) is 1. The molecule has 1 amide bonds. The van der Waals surface area contributed by atoms with Crippen LogP contribution in [0.25, 0.3) is 6.08 Å². The summed E-state index contributed by atoms with van der Waals surface area (Å²) in [7, 11) is 0. The number of nitriles is 1. The Labute approximate surface area is 107 Å². The third kappa shape index (κ3) is 4.71. The molecule has 1 rings (SSSR count). The highest BCUT2D eigenvalue weighted by Gasteiger charge is 2.16. The van der Waals surface area contributed by atoms with Crippen LogP contribution in [0.5, 0.6) is 0 Å². The minimum Gasteiger partial charge on any atom is -0.399 e. The molecule has 0 aliphatic rings. The maximum Gasteiger partial charge on any atom is 0.244 e. The van der Waals surface area contributed by atoms with E-state index in [9.17, 15) is 4.79 Å². The van der Waals surface area contributed by atoms with Gasteiger partial charge >= 0.3 is 0 Å². The van der Waals surface area contributed by atoms with E-state index in [1.54, 1.807) is 32.1 Å². The van der Waals surface area contributed by atoms with E-state index < -0.39 is 5.41 Å². The summed E-state index contributed by atoms with van der Waals surface area (Å²) >= 11 is 0. The molecular formula is C14H17N3O. The third-order valence-electron chi connectivity index (χ3n) is 2.35. The van der Waals surface area contributed by atoms with E-state index in [1.807, 2.05) is 12.1 Å². The van der Waals surface area contributed by atoms with Crippen molar-refractivity contribution in [1.82, 2.24) is 5.32 Å². The summed E-state index contributed by atoms with van der Waals surface area (Å²) in [5, 5.41) is 11.5. The van der Waals surface area contributed by atoms with Gasteiger partial charge in [0.1, 0.15) is 0 Å². The Morgan fingerprint density at radius 1 is 1.56 bits per heavy atom. The van der Waals surface area contributed by atoms with E-state index in [-0.39, 0.29) is 5.91 Å². The topological polar surface area (TPSA) is 78.9 Å². The van der Waals surface area contributed by atoms with Crippen molar-refractivity contribution in [3.05, 3.63) is 35.9 Å². The van der Waals surface area contributed by atoms with Crippen LogP contribution in [-0.4, -0.2) is 12.5 Å². The molecule has 0 saturated carbocycles. The van der Waals surface area contributed by atoms with E-state index in [4.69, 9.17) is 11.0 Å². The van der Waals surface area contributed by atoms with Crippen molar-refractivity contribution in [3.8, 4) is 6.07 Å². The first-order valence-corrected chi connectivity index (χ1v) is 5.66. The van der Waals surface area contributed by atoms with Gasteiger partial charge in [-0.25, -0.2) is 0 Å². The van der Waals surface area contributed by atoms with Crippen LogP contribution >= 0.6 is 0 Å². The predicted octanol–water partition coefficient (Wildman–Crippen LogP) is 1.95. The molecule has 0 saturated heterocycles. The van der Waals surface area contributed by atoms with Crippen LogP contribution < -0.4 is 11.1 Å². The molecule has 18 heavy (non-hydrogen) atoms. The highest BCUT2D eigenvalue weighted by atomic mass is 16.1. The second-order valence-electron chi connectivity index (χ2n) is 4.72. The lowest BCUT2D eigenvalue weighted by Crippen LogP contribution is -2.31. The fourth-order valence-electron chi connectivity index (χ4n) is 1.24. The molecule has 1 aromatic rings. The first-order valence-electron chi connectivity index (χ1n) is 5.66. The van der Waals surface area contributed by atoms with Crippen LogP contribution in [0.15, 0.2) is 30.3 Å². The fraction of sp³-hybridized carbons (Fsp3) is 0.286. The Hall–Kier alpha value is -2.28. The molecule has 0 aromatic heterocycles. The normalized spacial score (nSPS) is 11.2. The Kier molecular flexibility index (Phi) is 4.50. The zero-order chi connectivity index (χ0) is 13.6. The van der Waals surface area contributed by atoms with Crippen molar-refractivity contribution < 1.29 is 4.79 Å². The highest BCUT2D eigenvalue weighted by molar-refractivity contribution is 5.91. The van der Waals surface area contributed by atoms with E-state index in [0.29, 0.717) is 12.2 Å². The van der Waals surface area contributed by atoms with Gasteiger partial charge in [-0.3, -0.25) is 4.79 Å². The molecule has 0 heterocycles. The monoisotopic (exact) mass is 243 g/mol. The maximum absolute atomic E-state index is 11.5. The van der Waals surface area contributed by atoms with Crippen molar-refractivity contribution in [3.63, 3.8) is 0 Å². The largest absolute Gasteiger partial charge is 0.399 e. The summed E-state index contributed by atoms with van der Waals surface area (Å²) in [5.74, 6) is -0.222. The number of anilines is 1. The van der Waals surface area contributed by atoms with Gasteiger partial charge in [-0.2, -0.15) is 5.26 Å². The molecule has 3 N–H and O–H groups in total. The molecule has 0 fully saturated rings. The number of nitrogens with two attached hydrogens (primary N) is 1. The summed E-state index contributed by atoms with van der Waals surface area (Å²) in [6.07, 6.45) is 3.12. The van der Waals surface area contributed by atoms with Crippen molar-refractivity contribution in [2.24, 2.45) is 5.41 Å². The van der Waals surface area contributed by atoms with Crippen LogP contribution in [0.3, 0.4) is 0 Å². The van der Waals surface area contributed by atoms with Gasteiger partial charge in [-0.05, 0) is 37.6 Å². The van der Waals surface area contributed by atoms with E-state index in [0.717, 1.165) is 5.56 Å². The summed E-state index contributed by atoms with van der Waals surface area (Å²) in [4.78, 5) is 11.5. The van der Waals surface area contributed by atoms with E-state index in [2.05, 4.69) is 11.4 Å². The van der Waals surface area contributed by atoms with E-state index >= 15 is 0 Å². The Morgan fingerprint density at radius 3 is 2.89 bits per heavy atom. The zero-order valence-corrected chi connectivity index (χ0v) is 10.6.